The van der Waals surface area contributed by atoms with Gasteiger partial charge in [0.2, 0.25) is 5.91 Å². The monoisotopic (exact) mass is 189 g/mol. The van der Waals surface area contributed by atoms with E-state index in [9.17, 15) is 13.2 Å². The van der Waals surface area contributed by atoms with Gasteiger partial charge in [-0.1, -0.05) is 6.58 Å². The fourth-order valence-corrected chi connectivity index (χ4v) is 2.84. The van der Waals surface area contributed by atoms with Gasteiger partial charge >= 0.3 is 0 Å². The Hall–Kier alpha value is -0.840. The van der Waals surface area contributed by atoms with Crippen LogP contribution in [0.5, 0.6) is 0 Å². The third-order valence-corrected chi connectivity index (χ3v) is 3.53. The predicted octanol–water partition coefficient (Wildman–Crippen LogP) is -0.524. The molecule has 0 saturated carbocycles. The number of rotatable bonds is 2. The minimum absolute atomic E-state index is 0.0621. The Balaban J connectivity index is 2.49. The molecule has 0 aliphatic carbocycles. The lowest BCUT2D eigenvalue weighted by Gasteiger charge is -2.07. The molecule has 5 heteroatoms. The van der Waals surface area contributed by atoms with Crippen LogP contribution in [0.4, 0.5) is 0 Å². The Morgan fingerprint density at radius 3 is 2.67 bits per heavy atom. The van der Waals surface area contributed by atoms with Crippen molar-refractivity contribution in [3.63, 3.8) is 0 Å². The zero-order valence-electron chi connectivity index (χ0n) is 6.62. The van der Waals surface area contributed by atoms with Crippen molar-refractivity contribution in [3.8, 4) is 0 Å². The molecule has 1 atom stereocenters. The first-order chi connectivity index (χ1) is 5.53. The number of hydrogen-bond acceptors (Lipinski definition) is 3. The second-order valence-electron chi connectivity index (χ2n) is 2.81. The number of hydrogen-bond donors (Lipinski definition) is 1. The van der Waals surface area contributed by atoms with Crippen molar-refractivity contribution < 1.29 is 13.2 Å². The fourth-order valence-electron chi connectivity index (χ4n) is 1.17. The van der Waals surface area contributed by atoms with Gasteiger partial charge in [0.25, 0.3) is 0 Å². The molecule has 1 N–H and O–H groups in total. The van der Waals surface area contributed by atoms with Crippen molar-refractivity contribution in [1.82, 2.24) is 5.32 Å². The van der Waals surface area contributed by atoms with E-state index >= 15 is 0 Å². The average molecular weight is 189 g/mol. The smallest absolute Gasteiger partial charge is 0.243 e. The Bertz CT molecular complexity index is 294. The fraction of sp³-hybridized carbons (Fsp3) is 0.571. The Kier molecular flexibility index (Phi) is 2.52. The maximum Gasteiger partial charge on any atom is 0.243 e. The second kappa shape index (κ2) is 3.26. The van der Waals surface area contributed by atoms with E-state index in [4.69, 9.17) is 0 Å². The van der Waals surface area contributed by atoms with Gasteiger partial charge in [-0.2, -0.15) is 0 Å². The topological polar surface area (TPSA) is 63.2 Å². The standard InChI is InChI=1S/C7H11NO3S/c1-2-7(9)8-6-3-4-12(10,11)5-6/h2,6H,1,3-5H2,(H,8,9)/t6-/m0/s1. The quantitative estimate of drug-likeness (QED) is 0.594. The molecule has 1 heterocycles. The van der Waals surface area contributed by atoms with Gasteiger partial charge in [0.15, 0.2) is 9.84 Å². The highest BCUT2D eigenvalue weighted by Gasteiger charge is 2.28. The van der Waals surface area contributed by atoms with Gasteiger partial charge in [0.05, 0.1) is 11.5 Å². The van der Waals surface area contributed by atoms with Crippen LogP contribution in [0.3, 0.4) is 0 Å². The van der Waals surface area contributed by atoms with Crippen LogP contribution in [-0.2, 0) is 14.6 Å². The van der Waals surface area contributed by atoms with E-state index in [2.05, 4.69) is 11.9 Å². The zero-order valence-corrected chi connectivity index (χ0v) is 7.43. The van der Waals surface area contributed by atoms with Crippen LogP contribution in [-0.4, -0.2) is 31.9 Å². The van der Waals surface area contributed by atoms with Gasteiger partial charge in [0.1, 0.15) is 0 Å². The summed E-state index contributed by atoms with van der Waals surface area (Å²) >= 11 is 0. The molecule has 1 aliphatic heterocycles. The zero-order chi connectivity index (χ0) is 9.19. The van der Waals surface area contributed by atoms with Gasteiger partial charge in [-0.15, -0.1) is 0 Å². The van der Waals surface area contributed by atoms with Crippen LogP contribution in [0.15, 0.2) is 12.7 Å². The summed E-state index contributed by atoms with van der Waals surface area (Å²) in [6.07, 6.45) is 1.66. The first kappa shape index (κ1) is 9.25. The molecule has 12 heavy (non-hydrogen) atoms. The highest BCUT2D eigenvalue weighted by Crippen LogP contribution is 2.10. The summed E-state index contributed by atoms with van der Waals surface area (Å²) in [7, 11) is -2.90. The lowest BCUT2D eigenvalue weighted by Crippen LogP contribution is -2.34. The SMILES string of the molecule is C=CC(=O)N[C@H]1CCS(=O)(=O)C1. The molecule has 0 radical (unpaired) electrons. The second-order valence-corrected chi connectivity index (χ2v) is 5.04. The molecule has 0 aromatic heterocycles. The van der Waals surface area contributed by atoms with E-state index in [0.29, 0.717) is 6.42 Å². The molecule has 1 aliphatic rings. The largest absolute Gasteiger partial charge is 0.349 e. The molecule has 1 rings (SSSR count). The van der Waals surface area contributed by atoms with E-state index in [1.807, 2.05) is 0 Å². The molecule has 0 bridgehead atoms. The van der Waals surface area contributed by atoms with Crippen molar-refractivity contribution in [2.75, 3.05) is 11.5 Å². The number of carbonyl (C=O) groups excluding carboxylic acids is 1. The first-order valence-corrected chi connectivity index (χ1v) is 5.49. The van der Waals surface area contributed by atoms with Crippen LogP contribution in [0.2, 0.25) is 0 Å². The molecule has 0 unspecified atom stereocenters. The summed E-state index contributed by atoms with van der Waals surface area (Å²) in [5.41, 5.74) is 0. The maximum atomic E-state index is 10.9. The Morgan fingerprint density at radius 2 is 2.25 bits per heavy atom. The van der Waals surface area contributed by atoms with Crippen LogP contribution >= 0.6 is 0 Å². The van der Waals surface area contributed by atoms with Crippen molar-refractivity contribution in [2.45, 2.75) is 12.5 Å². The van der Waals surface area contributed by atoms with Crippen molar-refractivity contribution in [3.05, 3.63) is 12.7 Å². The highest BCUT2D eigenvalue weighted by molar-refractivity contribution is 7.91. The molecular formula is C7H11NO3S. The number of nitrogens with one attached hydrogen (secondary N) is 1. The van der Waals surface area contributed by atoms with Crippen LogP contribution < -0.4 is 5.32 Å². The molecule has 4 nitrogen and oxygen atoms in total. The average Bonchev–Trinajstić information content (AvgIpc) is 2.30. The molecule has 68 valence electrons. The van der Waals surface area contributed by atoms with Gasteiger partial charge in [-0.05, 0) is 12.5 Å². The summed E-state index contributed by atoms with van der Waals surface area (Å²) in [6, 6.07) is -0.222. The summed E-state index contributed by atoms with van der Waals surface area (Å²) in [4.78, 5) is 10.8. The minimum atomic E-state index is -2.90. The van der Waals surface area contributed by atoms with Crippen LogP contribution in [0.25, 0.3) is 0 Å². The van der Waals surface area contributed by atoms with E-state index < -0.39 is 9.84 Å². The van der Waals surface area contributed by atoms with E-state index in [1.165, 1.54) is 0 Å². The molecule has 0 aromatic carbocycles. The molecule has 1 amide bonds. The third-order valence-electron chi connectivity index (χ3n) is 1.76. The van der Waals surface area contributed by atoms with E-state index in [1.54, 1.807) is 0 Å². The van der Waals surface area contributed by atoms with E-state index in [-0.39, 0.29) is 23.5 Å². The van der Waals surface area contributed by atoms with Gasteiger partial charge in [0, 0.05) is 6.04 Å². The maximum absolute atomic E-state index is 10.9. The summed E-state index contributed by atoms with van der Waals surface area (Å²) in [5.74, 6) is -0.0705. The molecule has 1 saturated heterocycles. The first-order valence-electron chi connectivity index (χ1n) is 3.67. The van der Waals surface area contributed by atoms with Crippen molar-refractivity contribution >= 4 is 15.7 Å². The molecular weight excluding hydrogens is 178 g/mol. The van der Waals surface area contributed by atoms with Crippen molar-refractivity contribution in [1.29, 1.82) is 0 Å². The predicted molar refractivity (Wildman–Crippen MR) is 45.4 cm³/mol. The van der Waals surface area contributed by atoms with Crippen LogP contribution in [0.1, 0.15) is 6.42 Å². The minimum Gasteiger partial charge on any atom is -0.349 e. The number of carbonyl (C=O) groups is 1. The van der Waals surface area contributed by atoms with Gasteiger partial charge in [-0.3, -0.25) is 4.79 Å². The normalized spacial score (nSPS) is 26.5. The van der Waals surface area contributed by atoms with Crippen molar-refractivity contribution in [2.24, 2.45) is 0 Å². The van der Waals surface area contributed by atoms with Gasteiger partial charge < -0.3 is 5.32 Å². The lowest BCUT2D eigenvalue weighted by atomic mass is 10.2. The number of amides is 1. The third kappa shape index (κ3) is 2.34. The van der Waals surface area contributed by atoms with E-state index in [0.717, 1.165) is 6.08 Å². The summed E-state index contributed by atoms with van der Waals surface area (Å²) in [5, 5.41) is 2.55. The number of sulfone groups is 1. The lowest BCUT2D eigenvalue weighted by molar-refractivity contribution is -0.117. The van der Waals surface area contributed by atoms with Gasteiger partial charge in [-0.25, -0.2) is 8.42 Å². The summed E-state index contributed by atoms with van der Waals surface area (Å²) in [6.45, 7) is 3.28. The molecule has 0 aromatic rings. The highest BCUT2D eigenvalue weighted by atomic mass is 32.2. The Labute approximate surface area is 71.6 Å². The Morgan fingerprint density at radius 1 is 1.58 bits per heavy atom. The van der Waals surface area contributed by atoms with Crippen LogP contribution in [0, 0.1) is 0 Å². The molecule has 1 fully saturated rings. The molecule has 0 spiro atoms. The summed E-state index contributed by atoms with van der Waals surface area (Å²) < 4.78 is 21.9.